The lowest BCUT2D eigenvalue weighted by atomic mass is 10.2. The van der Waals surface area contributed by atoms with Crippen LogP contribution in [0.4, 0.5) is 0 Å². The molecule has 0 amide bonds. The maximum absolute atomic E-state index is 11.2. The minimum absolute atomic E-state index is 0.0903. The molecular formula is C10H11N3O3. The Morgan fingerprint density at radius 2 is 2.19 bits per heavy atom. The van der Waals surface area contributed by atoms with Crippen molar-refractivity contribution in [3.8, 4) is 0 Å². The third-order valence-corrected chi connectivity index (χ3v) is 1.81. The summed E-state index contributed by atoms with van der Waals surface area (Å²) >= 11 is 0. The zero-order valence-electron chi connectivity index (χ0n) is 8.48. The van der Waals surface area contributed by atoms with Crippen LogP contribution < -0.4 is 0 Å². The van der Waals surface area contributed by atoms with Gasteiger partial charge in [-0.2, -0.15) is 0 Å². The van der Waals surface area contributed by atoms with Crippen molar-refractivity contribution in [2.45, 2.75) is 12.7 Å². The number of rotatable bonds is 5. The van der Waals surface area contributed by atoms with Crippen molar-refractivity contribution in [2.24, 2.45) is 5.11 Å². The number of carbonyl (C=O) groups is 1. The highest BCUT2D eigenvalue weighted by Gasteiger charge is 2.15. The van der Waals surface area contributed by atoms with E-state index in [2.05, 4.69) is 10.0 Å². The topological polar surface area (TPSA) is 95.3 Å². The molecule has 0 saturated heterocycles. The molecule has 1 N–H and O–H groups in total. The molecule has 0 fully saturated rings. The minimum atomic E-state index is -1.40. The van der Waals surface area contributed by atoms with Crippen molar-refractivity contribution < 1.29 is 14.6 Å². The Balaban J connectivity index is 2.38. The average Bonchev–Trinajstić information content (AvgIpc) is 2.34. The predicted octanol–water partition coefficient (Wildman–Crippen LogP) is 1.40. The van der Waals surface area contributed by atoms with Crippen molar-refractivity contribution in [2.75, 3.05) is 6.54 Å². The van der Waals surface area contributed by atoms with Gasteiger partial charge in [-0.1, -0.05) is 35.4 Å². The monoisotopic (exact) mass is 221 g/mol. The fourth-order valence-corrected chi connectivity index (χ4v) is 1.01. The van der Waals surface area contributed by atoms with Gasteiger partial charge in [-0.3, -0.25) is 0 Å². The van der Waals surface area contributed by atoms with Gasteiger partial charge in [0, 0.05) is 4.91 Å². The Morgan fingerprint density at radius 3 is 2.81 bits per heavy atom. The molecule has 0 bridgehead atoms. The number of esters is 1. The predicted molar refractivity (Wildman–Crippen MR) is 56.3 cm³/mol. The van der Waals surface area contributed by atoms with Gasteiger partial charge in [0.15, 0.2) is 6.10 Å². The lowest BCUT2D eigenvalue weighted by Crippen LogP contribution is -2.25. The fourth-order valence-electron chi connectivity index (χ4n) is 1.01. The zero-order valence-corrected chi connectivity index (χ0v) is 8.48. The zero-order chi connectivity index (χ0) is 11.8. The summed E-state index contributed by atoms with van der Waals surface area (Å²) in [4.78, 5) is 13.6. The molecule has 1 aromatic rings. The van der Waals surface area contributed by atoms with Crippen LogP contribution in [-0.4, -0.2) is 23.7 Å². The van der Waals surface area contributed by atoms with Gasteiger partial charge in [0.2, 0.25) is 0 Å². The molecule has 0 heterocycles. The van der Waals surface area contributed by atoms with Crippen LogP contribution in [0.3, 0.4) is 0 Å². The fraction of sp³-hybridized carbons (Fsp3) is 0.300. The van der Waals surface area contributed by atoms with Gasteiger partial charge >= 0.3 is 5.97 Å². The molecule has 1 aromatic carbocycles. The van der Waals surface area contributed by atoms with Gasteiger partial charge in [-0.05, 0) is 11.1 Å². The van der Waals surface area contributed by atoms with E-state index in [0.29, 0.717) is 0 Å². The Hall–Kier alpha value is -2.04. The van der Waals surface area contributed by atoms with E-state index in [-0.39, 0.29) is 13.2 Å². The first-order valence-electron chi connectivity index (χ1n) is 4.63. The highest BCUT2D eigenvalue weighted by Crippen LogP contribution is 2.02. The number of aliphatic hydroxyl groups is 1. The molecular weight excluding hydrogens is 210 g/mol. The van der Waals surface area contributed by atoms with Gasteiger partial charge in [-0.15, -0.1) is 0 Å². The Morgan fingerprint density at radius 1 is 1.50 bits per heavy atom. The number of carbonyl (C=O) groups excluding carboxylic acids is 1. The third kappa shape index (κ3) is 4.00. The molecule has 6 nitrogen and oxygen atoms in total. The van der Waals surface area contributed by atoms with E-state index in [0.717, 1.165) is 5.56 Å². The molecule has 1 rings (SSSR count). The molecule has 0 radical (unpaired) electrons. The summed E-state index contributed by atoms with van der Waals surface area (Å²) in [6.45, 7) is -0.225. The van der Waals surface area contributed by atoms with Crippen molar-refractivity contribution in [3.63, 3.8) is 0 Å². The van der Waals surface area contributed by atoms with E-state index in [1.165, 1.54) is 0 Å². The SMILES string of the molecule is [N-]=[N+]=NCC(O)C(=O)OCc1ccccc1. The number of azide groups is 1. The first-order chi connectivity index (χ1) is 7.74. The number of hydrogen-bond acceptors (Lipinski definition) is 4. The van der Waals surface area contributed by atoms with Crippen LogP contribution in [0.1, 0.15) is 5.56 Å². The Kier molecular flexibility index (Phi) is 4.85. The van der Waals surface area contributed by atoms with E-state index in [9.17, 15) is 9.90 Å². The highest BCUT2D eigenvalue weighted by molar-refractivity contribution is 5.74. The molecule has 1 atom stereocenters. The van der Waals surface area contributed by atoms with Crippen molar-refractivity contribution in [3.05, 3.63) is 46.3 Å². The van der Waals surface area contributed by atoms with E-state index in [1.807, 2.05) is 18.2 Å². The number of benzene rings is 1. The second kappa shape index (κ2) is 6.44. The summed E-state index contributed by atoms with van der Waals surface area (Å²) in [6, 6.07) is 9.08. The minimum Gasteiger partial charge on any atom is -0.459 e. The van der Waals surface area contributed by atoms with Crippen molar-refractivity contribution in [1.82, 2.24) is 0 Å². The van der Waals surface area contributed by atoms with E-state index < -0.39 is 12.1 Å². The molecule has 0 aromatic heterocycles. The van der Waals surface area contributed by atoms with Gasteiger partial charge in [0.25, 0.3) is 0 Å². The van der Waals surface area contributed by atoms with Crippen LogP contribution in [0.5, 0.6) is 0 Å². The standard InChI is InChI=1S/C10H11N3O3/c11-13-12-6-9(14)10(15)16-7-8-4-2-1-3-5-8/h1-5,9,14H,6-7H2. The van der Waals surface area contributed by atoms with Gasteiger partial charge in [0.1, 0.15) is 6.61 Å². The highest BCUT2D eigenvalue weighted by atomic mass is 16.5. The quantitative estimate of drug-likeness (QED) is 0.352. The van der Waals surface area contributed by atoms with Crippen molar-refractivity contribution >= 4 is 5.97 Å². The summed E-state index contributed by atoms with van der Waals surface area (Å²) in [6.07, 6.45) is -1.40. The Labute approximate surface area is 92.1 Å². The number of aliphatic hydroxyl groups excluding tert-OH is 1. The van der Waals surface area contributed by atoms with Gasteiger partial charge < -0.3 is 9.84 Å². The van der Waals surface area contributed by atoms with Crippen LogP contribution in [0.2, 0.25) is 0 Å². The average molecular weight is 221 g/mol. The molecule has 0 aliphatic heterocycles. The molecule has 0 aliphatic carbocycles. The van der Waals surface area contributed by atoms with Crippen LogP contribution in [0.25, 0.3) is 10.4 Å². The van der Waals surface area contributed by atoms with E-state index in [1.54, 1.807) is 12.1 Å². The summed E-state index contributed by atoms with van der Waals surface area (Å²) in [5.41, 5.74) is 8.83. The summed E-state index contributed by atoms with van der Waals surface area (Å²) < 4.78 is 4.81. The molecule has 0 aliphatic rings. The first-order valence-corrected chi connectivity index (χ1v) is 4.63. The number of ether oxygens (including phenoxy) is 1. The molecule has 0 saturated carbocycles. The lowest BCUT2D eigenvalue weighted by Gasteiger charge is -2.08. The van der Waals surface area contributed by atoms with E-state index in [4.69, 9.17) is 10.3 Å². The van der Waals surface area contributed by atoms with Crippen LogP contribution >= 0.6 is 0 Å². The van der Waals surface area contributed by atoms with Crippen LogP contribution in [0.15, 0.2) is 35.4 Å². The summed E-state index contributed by atoms with van der Waals surface area (Å²) in [5, 5.41) is 12.3. The first kappa shape index (κ1) is 12.0. The second-order valence-corrected chi connectivity index (χ2v) is 3.02. The smallest absolute Gasteiger partial charge is 0.335 e. The Bertz CT molecular complexity index is 388. The molecule has 1 unspecified atom stereocenters. The molecule has 6 heteroatoms. The number of nitrogens with zero attached hydrogens (tertiary/aromatic N) is 3. The maximum atomic E-state index is 11.2. The van der Waals surface area contributed by atoms with Crippen molar-refractivity contribution in [1.29, 1.82) is 0 Å². The van der Waals surface area contributed by atoms with Crippen LogP contribution in [-0.2, 0) is 16.1 Å². The lowest BCUT2D eigenvalue weighted by molar-refractivity contribution is -0.154. The summed E-state index contributed by atoms with van der Waals surface area (Å²) in [5.74, 6) is -0.795. The largest absolute Gasteiger partial charge is 0.459 e. The normalized spacial score (nSPS) is 11.3. The molecule has 84 valence electrons. The molecule has 16 heavy (non-hydrogen) atoms. The summed E-state index contributed by atoms with van der Waals surface area (Å²) in [7, 11) is 0. The molecule has 0 spiro atoms. The second-order valence-electron chi connectivity index (χ2n) is 3.02. The number of hydrogen-bond donors (Lipinski definition) is 1. The van der Waals surface area contributed by atoms with E-state index >= 15 is 0 Å². The van der Waals surface area contributed by atoms with Crippen LogP contribution in [0, 0.1) is 0 Å². The maximum Gasteiger partial charge on any atom is 0.335 e. The van der Waals surface area contributed by atoms with Gasteiger partial charge in [0.05, 0.1) is 6.54 Å². The van der Waals surface area contributed by atoms with Gasteiger partial charge in [-0.25, -0.2) is 4.79 Å². The third-order valence-electron chi connectivity index (χ3n) is 1.81.